The van der Waals surface area contributed by atoms with Gasteiger partial charge in [-0.1, -0.05) is 65.2 Å². The van der Waals surface area contributed by atoms with Gasteiger partial charge in [-0.2, -0.15) is 5.26 Å². The Balaban J connectivity index is 1.68. The molecule has 158 valence electrons. The zero-order chi connectivity index (χ0) is 22.7. The van der Waals surface area contributed by atoms with Gasteiger partial charge in [-0.15, -0.1) is 0 Å². The minimum Gasteiger partial charge on any atom is -0.342 e. The summed E-state index contributed by atoms with van der Waals surface area (Å²) in [5.41, 5.74) is 4.43. The summed E-state index contributed by atoms with van der Waals surface area (Å²) in [4.78, 5) is 12.7. The Labute approximate surface area is 196 Å². The van der Waals surface area contributed by atoms with Crippen molar-refractivity contribution in [2.45, 2.75) is 13.5 Å². The predicted octanol–water partition coefficient (Wildman–Crippen LogP) is 6.85. The third-order valence-electron chi connectivity index (χ3n) is 5.15. The SMILES string of the molecule is Cc1ccc(NC(=O)/C(C#N)=C/c2cn(Cc3ccc(Cl)cc3Cl)c3ccccc23)cc1. The van der Waals surface area contributed by atoms with Crippen molar-refractivity contribution in [3.05, 3.63) is 105 Å². The van der Waals surface area contributed by atoms with Gasteiger partial charge in [0, 0.05) is 44.9 Å². The third kappa shape index (κ3) is 4.70. The van der Waals surface area contributed by atoms with Crippen LogP contribution in [0.2, 0.25) is 10.0 Å². The molecule has 1 N–H and O–H groups in total. The van der Waals surface area contributed by atoms with Crippen LogP contribution in [0.15, 0.2) is 78.5 Å². The molecular formula is C26H19Cl2N3O. The highest BCUT2D eigenvalue weighted by Crippen LogP contribution is 2.27. The summed E-state index contributed by atoms with van der Waals surface area (Å²) in [5.74, 6) is -0.450. The lowest BCUT2D eigenvalue weighted by atomic mass is 10.1. The van der Waals surface area contributed by atoms with Crippen LogP contribution in [-0.4, -0.2) is 10.5 Å². The number of rotatable bonds is 5. The molecule has 1 amide bonds. The molecule has 0 saturated carbocycles. The zero-order valence-corrected chi connectivity index (χ0v) is 18.8. The summed E-state index contributed by atoms with van der Waals surface area (Å²) >= 11 is 12.4. The number of nitrogens with zero attached hydrogens (tertiary/aromatic N) is 2. The number of hydrogen-bond donors (Lipinski definition) is 1. The van der Waals surface area contributed by atoms with E-state index < -0.39 is 5.91 Å². The first-order valence-corrected chi connectivity index (χ1v) is 10.7. The Hall–Kier alpha value is -3.52. The third-order valence-corrected chi connectivity index (χ3v) is 5.74. The summed E-state index contributed by atoms with van der Waals surface area (Å²) in [7, 11) is 0. The molecular weight excluding hydrogens is 441 g/mol. The topological polar surface area (TPSA) is 57.8 Å². The summed E-state index contributed by atoms with van der Waals surface area (Å²) in [6.07, 6.45) is 3.54. The first-order chi connectivity index (χ1) is 15.4. The van der Waals surface area contributed by atoms with Crippen LogP contribution in [0.25, 0.3) is 17.0 Å². The molecule has 4 nitrogen and oxygen atoms in total. The molecule has 0 bridgehead atoms. The van der Waals surface area contributed by atoms with Gasteiger partial charge in [0.1, 0.15) is 11.6 Å². The molecule has 1 heterocycles. The molecule has 6 heteroatoms. The van der Waals surface area contributed by atoms with Crippen LogP contribution in [0.5, 0.6) is 0 Å². The molecule has 0 aliphatic rings. The molecule has 0 unspecified atom stereocenters. The lowest BCUT2D eigenvalue weighted by Gasteiger charge is -2.08. The molecule has 4 aromatic rings. The van der Waals surface area contributed by atoms with E-state index in [-0.39, 0.29) is 5.57 Å². The van der Waals surface area contributed by atoms with E-state index in [1.807, 2.05) is 78.4 Å². The van der Waals surface area contributed by atoms with Crippen LogP contribution in [0, 0.1) is 18.3 Å². The molecule has 0 fully saturated rings. The number of carbonyl (C=O) groups is 1. The van der Waals surface area contributed by atoms with Gasteiger partial charge in [0.25, 0.3) is 5.91 Å². The van der Waals surface area contributed by atoms with E-state index in [0.29, 0.717) is 22.3 Å². The number of benzene rings is 3. The fraction of sp³-hybridized carbons (Fsp3) is 0.0769. The van der Waals surface area contributed by atoms with Crippen molar-refractivity contribution >= 4 is 51.8 Å². The van der Waals surface area contributed by atoms with Crippen molar-refractivity contribution < 1.29 is 4.79 Å². The quantitative estimate of drug-likeness (QED) is 0.262. The normalized spacial score (nSPS) is 11.4. The number of anilines is 1. The molecule has 0 radical (unpaired) electrons. The number of para-hydroxylation sites is 1. The second-order valence-corrected chi connectivity index (χ2v) is 8.30. The first-order valence-electron chi connectivity index (χ1n) is 9.96. The lowest BCUT2D eigenvalue weighted by Crippen LogP contribution is -2.13. The molecule has 3 aromatic carbocycles. The fourth-order valence-electron chi connectivity index (χ4n) is 3.49. The Morgan fingerprint density at radius 1 is 1.09 bits per heavy atom. The lowest BCUT2D eigenvalue weighted by molar-refractivity contribution is -0.112. The summed E-state index contributed by atoms with van der Waals surface area (Å²) < 4.78 is 2.04. The van der Waals surface area contributed by atoms with Gasteiger partial charge in [-0.3, -0.25) is 4.79 Å². The van der Waals surface area contributed by atoms with Crippen molar-refractivity contribution in [1.29, 1.82) is 5.26 Å². The monoisotopic (exact) mass is 459 g/mol. The summed E-state index contributed by atoms with van der Waals surface area (Å²) in [6, 6.07) is 22.7. The summed E-state index contributed by atoms with van der Waals surface area (Å²) in [5, 5.41) is 14.5. The van der Waals surface area contributed by atoms with Crippen molar-refractivity contribution in [3.8, 4) is 6.07 Å². The highest BCUT2D eigenvalue weighted by molar-refractivity contribution is 6.35. The van der Waals surface area contributed by atoms with Gasteiger partial charge in [0.05, 0.1) is 0 Å². The van der Waals surface area contributed by atoms with E-state index in [1.54, 1.807) is 18.2 Å². The van der Waals surface area contributed by atoms with E-state index in [1.165, 1.54) is 0 Å². The van der Waals surface area contributed by atoms with Gasteiger partial charge < -0.3 is 9.88 Å². The largest absolute Gasteiger partial charge is 0.342 e. The number of nitriles is 1. The maximum Gasteiger partial charge on any atom is 0.266 e. The molecule has 32 heavy (non-hydrogen) atoms. The number of halogens is 2. The number of aromatic nitrogens is 1. The van der Waals surface area contributed by atoms with E-state index in [0.717, 1.165) is 27.6 Å². The van der Waals surface area contributed by atoms with Crippen LogP contribution in [0.3, 0.4) is 0 Å². The maximum atomic E-state index is 12.7. The van der Waals surface area contributed by atoms with Crippen molar-refractivity contribution in [1.82, 2.24) is 4.57 Å². The molecule has 0 spiro atoms. The number of fused-ring (bicyclic) bond motifs is 1. The minimum absolute atomic E-state index is 0.0259. The van der Waals surface area contributed by atoms with Gasteiger partial charge in [-0.05, 0) is 48.9 Å². The van der Waals surface area contributed by atoms with Crippen LogP contribution in [0.1, 0.15) is 16.7 Å². The van der Waals surface area contributed by atoms with E-state index in [4.69, 9.17) is 23.2 Å². The second kappa shape index (κ2) is 9.32. The average molecular weight is 460 g/mol. The molecule has 4 rings (SSSR count). The predicted molar refractivity (Wildman–Crippen MR) is 131 cm³/mol. The second-order valence-electron chi connectivity index (χ2n) is 7.46. The molecule has 0 saturated heterocycles. The molecule has 1 aromatic heterocycles. The Bertz CT molecular complexity index is 1380. The zero-order valence-electron chi connectivity index (χ0n) is 17.3. The van der Waals surface area contributed by atoms with Crippen LogP contribution < -0.4 is 5.32 Å². The van der Waals surface area contributed by atoms with Gasteiger partial charge >= 0.3 is 0 Å². The highest BCUT2D eigenvalue weighted by atomic mass is 35.5. The molecule has 0 aliphatic heterocycles. The van der Waals surface area contributed by atoms with Gasteiger partial charge in [-0.25, -0.2) is 0 Å². The number of carbonyl (C=O) groups excluding carboxylic acids is 1. The Kier molecular flexibility index (Phi) is 6.32. The number of hydrogen-bond acceptors (Lipinski definition) is 2. The van der Waals surface area contributed by atoms with Gasteiger partial charge in [0.15, 0.2) is 0 Å². The molecule has 0 atom stereocenters. The maximum absolute atomic E-state index is 12.7. The number of nitrogens with one attached hydrogen (secondary N) is 1. The Morgan fingerprint density at radius 3 is 2.56 bits per heavy atom. The number of amides is 1. The van der Waals surface area contributed by atoms with Crippen molar-refractivity contribution in [2.75, 3.05) is 5.32 Å². The number of aryl methyl sites for hydroxylation is 1. The minimum atomic E-state index is -0.450. The standard InChI is InChI=1S/C26H19Cl2N3O/c1-17-6-10-22(11-7-17)30-26(32)19(14-29)12-20-16-31(25-5-3-2-4-23(20)25)15-18-8-9-21(27)13-24(18)28/h2-13,16H,15H2,1H3,(H,30,32)/b19-12+. The van der Waals surface area contributed by atoms with E-state index >= 15 is 0 Å². The fourth-order valence-corrected chi connectivity index (χ4v) is 3.96. The first kappa shape index (κ1) is 21.7. The van der Waals surface area contributed by atoms with E-state index in [9.17, 15) is 10.1 Å². The summed E-state index contributed by atoms with van der Waals surface area (Å²) in [6.45, 7) is 2.50. The highest BCUT2D eigenvalue weighted by Gasteiger charge is 2.14. The van der Waals surface area contributed by atoms with Crippen LogP contribution >= 0.6 is 23.2 Å². The average Bonchev–Trinajstić information content (AvgIpc) is 3.13. The van der Waals surface area contributed by atoms with Crippen molar-refractivity contribution in [3.63, 3.8) is 0 Å². The van der Waals surface area contributed by atoms with Crippen LogP contribution in [-0.2, 0) is 11.3 Å². The van der Waals surface area contributed by atoms with Crippen LogP contribution in [0.4, 0.5) is 5.69 Å². The van der Waals surface area contributed by atoms with Gasteiger partial charge in [0.2, 0.25) is 0 Å². The molecule has 0 aliphatic carbocycles. The smallest absolute Gasteiger partial charge is 0.266 e. The van der Waals surface area contributed by atoms with E-state index in [2.05, 4.69) is 5.32 Å². The Morgan fingerprint density at radius 2 is 1.84 bits per heavy atom. The van der Waals surface area contributed by atoms with Crippen molar-refractivity contribution in [2.24, 2.45) is 0 Å².